The summed E-state index contributed by atoms with van der Waals surface area (Å²) in [4.78, 5) is 0. The van der Waals surface area contributed by atoms with Gasteiger partial charge in [0.25, 0.3) is 0 Å². The monoisotopic (exact) mass is 309 g/mol. The molecule has 0 heterocycles. The van der Waals surface area contributed by atoms with Gasteiger partial charge in [0.05, 0.1) is 5.02 Å². The Balaban J connectivity index is 2.32. The molecular formula is C20H20ClN. The molecule has 112 valence electrons. The van der Waals surface area contributed by atoms with Crippen molar-refractivity contribution in [1.29, 1.82) is 0 Å². The van der Waals surface area contributed by atoms with Gasteiger partial charge >= 0.3 is 0 Å². The number of nitrogens with two attached hydrogens (primary N) is 1. The molecule has 0 fully saturated rings. The minimum absolute atomic E-state index is 0.159. The van der Waals surface area contributed by atoms with Crippen LogP contribution in [0.5, 0.6) is 0 Å². The molecule has 2 N–H and O–H groups in total. The predicted octanol–water partition coefficient (Wildman–Crippen LogP) is 4.25. The summed E-state index contributed by atoms with van der Waals surface area (Å²) in [5, 5.41) is 0.614. The van der Waals surface area contributed by atoms with Crippen LogP contribution in [0.1, 0.15) is 35.1 Å². The maximum absolute atomic E-state index is 6.24. The Morgan fingerprint density at radius 2 is 2.05 bits per heavy atom. The highest BCUT2D eigenvalue weighted by atomic mass is 35.5. The molecule has 1 aliphatic carbocycles. The van der Waals surface area contributed by atoms with E-state index in [4.69, 9.17) is 17.3 Å². The average molecular weight is 310 g/mol. The topological polar surface area (TPSA) is 26.0 Å². The maximum atomic E-state index is 6.24. The normalized spacial score (nSPS) is 19.5. The number of allylic oxidation sites excluding steroid dienone is 1. The molecule has 2 heteroatoms. The lowest BCUT2D eigenvalue weighted by Gasteiger charge is -2.35. The van der Waals surface area contributed by atoms with Gasteiger partial charge in [-0.05, 0) is 61.1 Å². The van der Waals surface area contributed by atoms with E-state index >= 15 is 0 Å². The molecule has 0 aliphatic heterocycles. The zero-order chi connectivity index (χ0) is 15.6. The van der Waals surface area contributed by atoms with Gasteiger partial charge in [0.2, 0.25) is 0 Å². The van der Waals surface area contributed by atoms with Gasteiger partial charge in [-0.15, -0.1) is 6.58 Å². The molecule has 1 unspecified atom stereocenters. The fourth-order valence-corrected chi connectivity index (χ4v) is 3.93. The minimum Gasteiger partial charge on any atom is -0.330 e. The molecule has 0 saturated carbocycles. The molecule has 1 aliphatic rings. The Labute approximate surface area is 137 Å². The zero-order valence-electron chi connectivity index (χ0n) is 12.7. The fourth-order valence-electron chi connectivity index (χ4n) is 3.77. The third-order valence-corrected chi connectivity index (χ3v) is 4.89. The summed E-state index contributed by atoms with van der Waals surface area (Å²) >= 11 is 6.24. The molecule has 0 bridgehead atoms. The molecule has 1 nitrogen and oxygen atoms in total. The second-order valence-electron chi connectivity index (χ2n) is 5.91. The van der Waals surface area contributed by atoms with Gasteiger partial charge in [0, 0.05) is 11.0 Å². The number of rotatable bonds is 4. The van der Waals surface area contributed by atoms with Crippen LogP contribution < -0.4 is 5.73 Å². The van der Waals surface area contributed by atoms with Gasteiger partial charge in [-0.3, -0.25) is 0 Å². The minimum atomic E-state index is -0.159. The van der Waals surface area contributed by atoms with E-state index in [2.05, 4.69) is 49.0 Å². The van der Waals surface area contributed by atoms with Crippen molar-refractivity contribution >= 4 is 11.6 Å². The van der Waals surface area contributed by atoms with Crippen LogP contribution in [0.4, 0.5) is 0 Å². The third kappa shape index (κ3) is 2.43. The van der Waals surface area contributed by atoms with Gasteiger partial charge < -0.3 is 5.73 Å². The first-order valence-corrected chi connectivity index (χ1v) is 8.11. The van der Waals surface area contributed by atoms with Crippen LogP contribution in [0, 0.1) is 12.1 Å². The van der Waals surface area contributed by atoms with E-state index < -0.39 is 0 Å². The van der Waals surface area contributed by atoms with Crippen molar-refractivity contribution in [3.05, 3.63) is 82.4 Å². The molecule has 2 aromatic carbocycles. The van der Waals surface area contributed by atoms with Crippen LogP contribution in [-0.4, -0.2) is 6.54 Å². The van der Waals surface area contributed by atoms with Gasteiger partial charge in [0.15, 0.2) is 0 Å². The van der Waals surface area contributed by atoms with Gasteiger partial charge in [-0.2, -0.15) is 0 Å². The average Bonchev–Trinajstić information content (AvgIpc) is 2.65. The van der Waals surface area contributed by atoms with Crippen LogP contribution in [0.2, 0.25) is 5.02 Å². The molecule has 3 rings (SSSR count). The molecule has 1 atom stereocenters. The largest absolute Gasteiger partial charge is 0.330 e. The van der Waals surface area contributed by atoms with E-state index in [-0.39, 0.29) is 5.41 Å². The smallest absolute Gasteiger partial charge is 0.0911 e. The van der Waals surface area contributed by atoms with Crippen molar-refractivity contribution in [2.45, 2.75) is 31.1 Å². The van der Waals surface area contributed by atoms with E-state index in [1.807, 2.05) is 6.08 Å². The Bertz CT molecular complexity index is 692. The Hall–Kier alpha value is -1.75. The Morgan fingerprint density at radius 3 is 2.82 bits per heavy atom. The molecule has 0 radical (unpaired) electrons. The summed E-state index contributed by atoms with van der Waals surface area (Å²) in [6.45, 7) is 4.61. The van der Waals surface area contributed by atoms with Crippen molar-refractivity contribution in [3.63, 3.8) is 0 Å². The first-order valence-electron chi connectivity index (χ1n) is 7.73. The standard InChI is InChI=1S/C20H20ClN/c1-2-11-20(12-13-22)18-6-4-3-5-15(18)7-8-16-9-10-17(21)14-19(16)20/h2-6,14H,1,7-8,11-13,22H2. The van der Waals surface area contributed by atoms with Crippen LogP contribution in [-0.2, 0) is 18.3 Å². The Kier molecular flexibility index (Phi) is 4.25. The van der Waals surface area contributed by atoms with E-state index in [0.717, 1.165) is 25.7 Å². The Morgan fingerprint density at radius 1 is 1.23 bits per heavy atom. The lowest BCUT2D eigenvalue weighted by atomic mass is 9.68. The molecule has 0 aromatic heterocycles. The highest BCUT2D eigenvalue weighted by molar-refractivity contribution is 6.30. The number of halogens is 1. The van der Waals surface area contributed by atoms with Crippen LogP contribution in [0.25, 0.3) is 0 Å². The summed E-state index contributed by atoms with van der Waals surface area (Å²) < 4.78 is 0. The molecule has 22 heavy (non-hydrogen) atoms. The van der Waals surface area contributed by atoms with Crippen LogP contribution >= 0.6 is 11.6 Å². The van der Waals surface area contributed by atoms with Crippen molar-refractivity contribution in [2.75, 3.05) is 6.54 Å². The highest BCUT2D eigenvalue weighted by Gasteiger charge is 2.37. The first kappa shape index (κ1) is 15.2. The van der Waals surface area contributed by atoms with E-state index in [1.165, 1.54) is 22.3 Å². The van der Waals surface area contributed by atoms with Crippen molar-refractivity contribution in [2.24, 2.45) is 5.73 Å². The fraction of sp³-hybridized carbons (Fsp3) is 0.300. The molecule has 0 saturated heterocycles. The molecule has 0 spiro atoms. The van der Waals surface area contributed by atoms with E-state index in [1.54, 1.807) is 0 Å². The maximum Gasteiger partial charge on any atom is 0.0911 e. The number of fused-ring (bicyclic) bond motifs is 2. The SMILES string of the molecule is C=CCC1(CCN)c2cc(Cl)c#cc2CCc2ccccc21. The molecular weight excluding hydrogens is 290 g/mol. The number of hydrogen-bond acceptors (Lipinski definition) is 1. The third-order valence-electron chi connectivity index (χ3n) is 4.69. The van der Waals surface area contributed by atoms with Gasteiger partial charge in [-0.1, -0.05) is 48.0 Å². The quantitative estimate of drug-likeness (QED) is 0.840. The zero-order valence-corrected chi connectivity index (χ0v) is 13.4. The van der Waals surface area contributed by atoms with Crippen molar-refractivity contribution in [3.8, 4) is 0 Å². The summed E-state index contributed by atoms with van der Waals surface area (Å²) in [6.07, 6.45) is 5.69. The lowest BCUT2D eigenvalue weighted by Crippen LogP contribution is -2.31. The number of aryl methyl sites for hydroxylation is 1. The van der Waals surface area contributed by atoms with Crippen LogP contribution in [0.3, 0.4) is 0 Å². The van der Waals surface area contributed by atoms with Gasteiger partial charge in [0.1, 0.15) is 0 Å². The van der Waals surface area contributed by atoms with Crippen molar-refractivity contribution < 1.29 is 0 Å². The van der Waals surface area contributed by atoms with Crippen molar-refractivity contribution in [1.82, 2.24) is 0 Å². The highest BCUT2D eigenvalue weighted by Crippen LogP contribution is 2.44. The second-order valence-corrected chi connectivity index (χ2v) is 6.31. The van der Waals surface area contributed by atoms with E-state index in [9.17, 15) is 0 Å². The first-order chi connectivity index (χ1) is 10.7. The second kappa shape index (κ2) is 6.16. The number of benzene rings is 1. The van der Waals surface area contributed by atoms with Crippen LogP contribution in [0.15, 0.2) is 43.0 Å². The lowest BCUT2D eigenvalue weighted by molar-refractivity contribution is 0.482. The molecule has 2 aromatic rings. The van der Waals surface area contributed by atoms with Gasteiger partial charge in [-0.25, -0.2) is 0 Å². The molecule has 0 amide bonds. The number of hydrogen-bond donors (Lipinski definition) is 1. The summed E-state index contributed by atoms with van der Waals surface area (Å²) in [6, 6.07) is 17.0. The summed E-state index contributed by atoms with van der Waals surface area (Å²) in [5.41, 5.74) is 11.0. The van der Waals surface area contributed by atoms with E-state index in [0.29, 0.717) is 11.6 Å². The summed E-state index contributed by atoms with van der Waals surface area (Å²) in [5.74, 6) is 0. The summed E-state index contributed by atoms with van der Waals surface area (Å²) in [7, 11) is 0. The predicted molar refractivity (Wildman–Crippen MR) is 92.2 cm³/mol.